The summed E-state index contributed by atoms with van der Waals surface area (Å²) in [5.41, 5.74) is 3.19. The Hall–Kier alpha value is -3.93. The number of methoxy groups -OCH3 is 1. The van der Waals surface area contributed by atoms with Crippen molar-refractivity contribution in [1.29, 1.82) is 0 Å². The minimum Gasteiger partial charge on any atom is -0.464 e. The fourth-order valence-corrected chi connectivity index (χ4v) is 3.92. The highest BCUT2D eigenvalue weighted by Gasteiger charge is 2.40. The number of carbonyl (C=O) groups excluding carboxylic acids is 1. The summed E-state index contributed by atoms with van der Waals surface area (Å²) in [6.45, 7) is 0. The molecule has 0 aliphatic carbocycles. The van der Waals surface area contributed by atoms with Gasteiger partial charge in [-0.25, -0.2) is 4.79 Å². The SMILES string of the molecule is COC(=O)C1=C[C@H](c2ccccc2)C(c2ccccc2)N1c1ccc([N+](=O)[O-])cc1. The molecule has 150 valence electrons. The van der Waals surface area contributed by atoms with E-state index in [2.05, 4.69) is 0 Å². The van der Waals surface area contributed by atoms with Crippen LogP contribution < -0.4 is 4.90 Å². The number of ether oxygens (including phenoxy) is 1. The van der Waals surface area contributed by atoms with E-state index in [1.807, 2.05) is 71.6 Å². The predicted molar refractivity (Wildman–Crippen MR) is 114 cm³/mol. The van der Waals surface area contributed by atoms with Crippen molar-refractivity contribution in [3.05, 3.63) is 118 Å². The van der Waals surface area contributed by atoms with Gasteiger partial charge in [-0.15, -0.1) is 0 Å². The first-order valence-corrected chi connectivity index (χ1v) is 9.54. The third-order valence-corrected chi connectivity index (χ3v) is 5.27. The molecule has 0 radical (unpaired) electrons. The van der Waals surface area contributed by atoms with Crippen molar-refractivity contribution >= 4 is 17.3 Å². The molecule has 0 saturated carbocycles. The van der Waals surface area contributed by atoms with Crippen LogP contribution >= 0.6 is 0 Å². The highest BCUT2D eigenvalue weighted by molar-refractivity contribution is 5.94. The van der Waals surface area contributed by atoms with Crippen LogP contribution in [0.5, 0.6) is 0 Å². The topological polar surface area (TPSA) is 72.7 Å². The van der Waals surface area contributed by atoms with Crippen molar-refractivity contribution in [3.8, 4) is 0 Å². The van der Waals surface area contributed by atoms with Crippen molar-refractivity contribution < 1.29 is 14.5 Å². The molecule has 0 spiro atoms. The Morgan fingerprint density at radius 3 is 2.00 bits per heavy atom. The molecule has 2 atom stereocenters. The van der Waals surface area contributed by atoms with Crippen LogP contribution in [-0.4, -0.2) is 18.0 Å². The van der Waals surface area contributed by atoms with Crippen LogP contribution in [0.25, 0.3) is 0 Å². The van der Waals surface area contributed by atoms with Crippen molar-refractivity contribution in [2.75, 3.05) is 12.0 Å². The van der Waals surface area contributed by atoms with Gasteiger partial charge in [0.1, 0.15) is 5.70 Å². The zero-order valence-electron chi connectivity index (χ0n) is 16.3. The van der Waals surface area contributed by atoms with Gasteiger partial charge in [-0.2, -0.15) is 0 Å². The summed E-state index contributed by atoms with van der Waals surface area (Å²) in [4.78, 5) is 25.2. The number of hydrogen-bond donors (Lipinski definition) is 0. The van der Waals surface area contributed by atoms with Crippen molar-refractivity contribution in [2.45, 2.75) is 12.0 Å². The van der Waals surface area contributed by atoms with Crippen molar-refractivity contribution in [3.63, 3.8) is 0 Å². The Balaban J connectivity index is 1.87. The number of nitro benzene ring substituents is 1. The number of hydrogen-bond acceptors (Lipinski definition) is 5. The van der Waals surface area contributed by atoms with Crippen LogP contribution in [0.2, 0.25) is 0 Å². The Morgan fingerprint density at radius 1 is 0.900 bits per heavy atom. The van der Waals surface area contributed by atoms with E-state index < -0.39 is 10.9 Å². The highest BCUT2D eigenvalue weighted by atomic mass is 16.6. The van der Waals surface area contributed by atoms with Gasteiger partial charge in [-0.1, -0.05) is 60.7 Å². The number of non-ortho nitro benzene ring substituents is 1. The van der Waals surface area contributed by atoms with Gasteiger partial charge in [-0.3, -0.25) is 10.1 Å². The molecule has 0 N–H and O–H groups in total. The second-order valence-electron chi connectivity index (χ2n) is 6.98. The number of anilines is 1. The molecule has 1 unspecified atom stereocenters. The van der Waals surface area contributed by atoms with Crippen LogP contribution in [0.3, 0.4) is 0 Å². The summed E-state index contributed by atoms with van der Waals surface area (Å²) >= 11 is 0. The molecule has 0 saturated heterocycles. The number of carbonyl (C=O) groups is 1. The van der Waals surface area contributed by atoms with Gasteiger partial charge in [0.25, 0.3) is 5.69 Å². The third-order valence-electron chi connectivity index (χ3n) is 5.27. The van der Waals surface area contributed by atoms with E-state index in [4.69, 9.17) is 4.74 Å². The lowest BCUT2D eigenvalue weighted by Gasteiger charge is -2.32. The van der Waals surface area contributed by atoms with Gasteiger partial charge in [0, 0.05) is 23.7 Å². The Morgan fingerprint density at radius 2 is 1.47 bits per heavy atom. The smallest absolute Gasteiger partial charge is 0.354 e. The summed E-state index contributed by atoms with van der Waals surface area (Å²) in [5.74, 6) is -0.550. The van der Waals surface area contributed by atoms with Gasteiger partial charge >= 0.3 is 5.97 Å². The maximum absolute atomic E-state index is 12.7. The molecule has 6 nitrogen and oxygen atoms in total. The average molecular weight is 400 g/mol. The maximum Gasteiger partial charge on any atom is 0.354 e. The van der Waals surface area contributed by atoms with Crippen LogP contribution in [0.15, 0.2) is 96.7 Å². The van der Waals surface area contributed by atoms with E-state index in [0.29, 0.717) is 11.4 Å². The van der Waals surface area contributed by atoms with Crippen LogP contribution in [0.4, 0.5) is 11.4 Å². The van der Waals surface area contributed by atoms with Crippen molar-refractivity contribution in [1.82, 2.24) is 0 Å². The molecule has 0 fully saturated rings. The largest absolute Gasteiger partial charge is 0.464 e. The van der Waals surface area contributed by atoms with Crippen LogP contribution in [0.1, 0.15) is 23.1 Å². The van der Waals surface area contributed by atoms with Gasteiger partial charge < -0.3 is 9.64 Å². The summed E-state index contributed by atoms with van der Waals surface area (Å²) in [5, 5.41) is 11.1. The van der Waals surface area contributed by atoms with E-state index in [9.17, 15) is 14.9 Å². The fourth-order valence-electron chi connectivity index (χ4n) is 3.92. The number of nitrogens with zero attached hydrogens (tertiary/aromatic N) is 2. The first kappa shape index (κ1) is 19.4. The quantitative estimate of drug-likeness (QED) is 0.342. The monoisotopic (exact) mass is 400 g/mol. The molecule has 6 heteroatoms. The number of rotatable bonds is 5. The first-order valence-electron chi connectivity index (χ1n) is 9.54. The number of esters is 1. The zero-order chi connectivity index (χ0) is 21.1. The molecule has 1 aliphatic heterocycles. The Kier molecular flexibility index (Phi) is 5.30. The van der Waals surface area contributed by atoms with E-state index in [0.717, 1.165) is 11.1 Å². The molecule has 0 amide bonds. The van der Waals surface area contributed by atoms with E-state index in [1.54, 1.807) is 12.1 Å². The Bertz CT molecular complexity index is 1080. The fraction of sp³-hybridized carbons (Fsp3) is 0.125. The lowest BCUT2D eigenvalue weighted by atomic mass is 9.88. The summed E-state index contributed by atoms with van der Waals surface area (Å²) in [6.07, 6.45) is 1.92. The molecule has 3 aromatic carbocycles. The minimum absolute atomic E-state index is 0.00239. The first-order chi connectivity index (χ1) is 14.6. The molecule has 30 heavy (non-hydrogen) atoms. The predicted octanol–water partition coefficient (Wildman–Crippen LogP) is 5.00. The van der Waals surface area contributed by atoms with Crippen LogP contribution in [-0.2, 0) is 9.53 Å². The lowest BCUT2D eigenvalue weighted by Crippen LogP contribution is -2.29. The zero-order valence-corrected chi connectivity index (χ0v) is 16.3. The van der Waals surface area contributed by atoms with Gasteiger partial charge in [0.05, 0.1) is 18.1 Å². The molecule has 0 aromatic heterocycles. The summed E-state index contributed by atoms with van der Waals surface area (Å²) in [6, 6.07) is 25.9. The summed E-state index contributed by atoms with van der Waals surface area (Å²) in [7, 11) is 1.35. The third kappa shape index (κ3) is 3.55. The number of benzene rings is 3. The standard InChI is InChI=1S/C24H20N2O4/c1-30-24(27)22-16-21(17-8-4-2-5-9-17)23(18-10-6-3-7-11-18)25(22)19-12-14-20(15-13-19)26(28)29/h2-16,21,23H,1H3/t21-,23?/m1/s1. The van der Waals surface area contributed by atoms with Gasteiger partial charge in [-0.05, 0) is 29.3 Å². The average Bonchev–Trinajstić information content (AvgIpc) is 3.20. The molecular formula is C24H20N2O4. The maximum atomic E-state index is 12.7. The molecule has 1 aliphatic rings. The Labute approximate surface area is 174 Å². The summed E-state index contributed by atoms with van der Waals surface area (Å²) < 4.78 is 5.06. The second kappa shape index (κ2) is 8.21. The normalized spacial score (nSPS) is 18.0. The molecule has 3 aromatic rings. The van der Waals surface area contributed by atoms with E-state index >= 15 is 0 Å². The molecular weight excluding hydrogens is 380 g/mol. The van der Waals surface area contributed by atoms with E-state index in [-0.39, 0.29) is 17.6 Å². The van der Waals surface area contributed by atoms with Gasteiger partial charge in [0.2, 0.25) is 0 Å². The second-order valence-corrected chi connectivity index (χ2v) is 6.98. The molecule has 0 bridgehead atoms. The highest BCUT2D eigenvalue weighted by Crippen LogP contribution is 2.47. The van der Waals surface area contributed by atoms with E-state index in [1.165, 1.54) is 19.2 Å². The van der Waals surface area contributed by atoms with Crippen LogP contribution in [0, 0.1) is 10.1 Å². The van der Waals surface area contributed by atoms with Gasteiger partial charge in [0.15, 0.2) is 0 Å². The molecule has 4 rings (SSSR count). The molecule has 1 heterocycles. The lowest BCUT2D eigenvalue weighted by molar-refractivity contribution is -0.384. The van der Waals surface area contributed by atoms with Crippen molar-refractivity contribution in [2.24, 2.45) is 0 Å². The number of nitro groups is 1. The minimum atomic E-state index is -0.451.